The van der Waals surface area contributed by atoms with Gasteiger partial charge in [0.2, 0.25) is 0 Å². The quantitative estimate of drug-likeness (QED) is 0.869. The van der Waals surface area contributed by atoms with Crippen molar-refractivity contribution in [3.63, 3.8) is 0 Å². The second-order valence-corrected chi connectivity index (χ2v) is 6.17. The summed E-state index contributed by atoms with van der Waals surface area (Å²) in [6.07, 6.45) is -4.94. The molecule has 0 aromatic heterocycles. The van der Waals surface area contributed by atoms with Crippen LogP contribution in [0.1, 0.15) is 18.4 Å². The van der Waals surface area contributed by atoms with Gasteiger partial charge in [-0.05, 0) is 17.7 Å². The molecule has 2 amide bonds. The van der Waals surface area contributed by atoms with E-state index in [4.69, 9.17) is 21.6 Å². The number of alkyl halides is 3. The summed E-state index contributed by atoms with van der Waals surface area (Å²) in [5.74, 6) is 0. The van der Waals surface area contributed by atoms with Crippen molar-refractivity contribution in [2.75, 3.05) is 25.5 Å². The van der Waals surface area contributed by atoms with Crippen molar-refractivity contribution in [2.24, 2.45) is 0 Å². The molecule has 1 aromatic rings. The number of methoxy groups -OCH3 is 1. The van der Waals surface area contributed by atoms with Crippen molar-refractivity contribution < 1.29 is 22.7 Å². The summed E-state index contributed by atoms with van der Waals surface area (Å²) in [5.41, 5.74) is -1.16. The number of nitriles is 1. The molecule has 1 saturated heterocycles. The van der Waals surface area contributed by atoms with Crippen molar-refractivity contribution in [3.05, 3.63) is 28.8 Å². The number of hydrogen-bond acceptors (Lipinski definition) is 3. The fourth-order valence-corrected chi connectivity index (χ4v) is 2.98. The van der Waals surface area contributed by atoms with Gasteiger partial charge in [-0.15, -0.1) is 0 Å². The van der Waals surface area contributed by atoms with Crippen LogP contribution in [-0.4, -0.2) is 42.9 Å². The number of ether oxygens (including phenoxy) is 1. The van der Waals surface area contributed by atoms with Gasteiger partial charge in [-0.3, -0.25) is 0 Å². The first kappa shape index (κ1) is 19.3. The van der Waals surface area contributed by atoms with E-state index >= 15 is 0 Å². The van der Waals surface area contributed by atoms with Crippen LogP contribution in [0.2, 0.25) is 5.02 Å². The number of carbonyl (C=O) groups is 1. The smallest absolute Gasteiger partial charge is 0.369 e. The number of nitrogens with zero attached hydrogens (tertiary/aromatic N) is 2. The normalized spacial score (nSPS) is 17.0. The minimum Gasteiger partial charge on any atom is -0.369 e. The van der Waals surface area contributed by atoms with Gasteiger partial charge < -0.3 is 15.0 Å². The van der Waals surface area contributed by atoms with E-state index in [0.29, 0.717) is 11.3 Å². The number of likely N-dealkylation sites (tertiary alicyclic amines) is 1. The lowest BCUT2D eigenvalue weighted by Crippen LogP contribution is -2.56. The number of urea groups is 1. The molecule has 0 unspecified atom stereocenters. The number of nitrogens with one attached hydrogen (secondary N) is 1. The molecule has 1 fully saturated rings. The van der Waals surface area contributed by atoms with E-state index < -0.39 is 17.8 Å². The highest BCUT2D eigenvalue weighted by Gasteiger charge is 2.56. The van der Waals surface area contributed by atoms with Gasteiger partial charge in [-0.25, -0.2) is 4.79 Å². The summed E-state index contributed by atoms with van der Waals surface area (Å²) in [5, 5.41) is 11.5. The first-order valence-corrected chi connectivity index (χ1v) is 7.93. The molecule has 9 heteroatoms. The molecule has 0 spiro atoms. The maximum atomic E-state index is 13.1. The zero-order chi connectivity index (χ0) is 18.7. The molecule has 25 heavy (non-hydrogen) atoms. The van der Waals surface area contributed by atoms with E-state index in [1.165, 1.54) is 4.90 Å². The van der Waals surface area contributed by atoms with E-state index in [1.54, 1.807) is 18.2 Å². The standard InChI is InChI=1S/C16H17ClF3N3O2/c1-25-15(16(18,19)20)5-8-23(9-6-15)14(24)22-13-3-2-11(4-7-21)10-12(13)17/h2-3,10H,4-6,8-9H2,1H3,(H,22,24). The molecule has 0 atom stereocenters. The number of piperidine rings is 1. The van der Waals surface area contributed by atoms with Crippen LogP contribution < -0.4 is 5.32 Å². The second-order valence-electron chi connectivity index (χ2n) is 5.76. The van der Waals surface area contributed by atoms with E-state index in [1.807, 2.05) is 6.07 Å². The predicted octanol–water partition coefficient (Wildman–Crippen LogP) is 3.98. The van der Waals surface area contributed by atoms with Crippen LogP contribution in [0, 0.1) is 11.3 Å². The average molecular weight is 376 g/mol. The highest BCUT2D eigenvalue weighted by Crippen LogP contribution is 2.41. The van der Waals surface area contributed by atoms with Crippen molar-refractivity contribution in [1.29, 1.82) is 5.26 Å². The van der Waals surface area contributed by atoms with E-state index in [0.717, 1.165) is 7.11 Å². The third kappa shape index (κ3) is 4.17. The first-order valence-electron chi connectivity index (χ1n) is 7.55. The van der Waals surface area contributed by atoms with Crippen LogP contribution in [0.5, 0.6) is 0 Å². The molecule has 2 rings (SSSR count). The largest absolute Gasteiger partial charge is 0.417 e. The zero-order valence-corrected chi connectivity index (χ0v) is 14.2. The van der Waals surface area contributed by atoms with Crippen LogP contribution in [-0.2, 0) is 11.2 Å². The maximum Gasteiger partial charge on any atom is 0.417 e. The molecule has 0 saturated carbocycles. The molecule has 1 aromatic carbocycles. The van der Waals surface area contributed by atoms with Crippen LogP contribution >= 0.6 is 11.6 Å². The molecule has 1 aliphatic rings. The van der Waals surface area contributed by atoms with Crippen LogP contribution in [0.25, 0.3) is 0 Å². The van der Waals surface area contributed by atoms with Gasteiger partial charge >= 0.3 is 12.2 Å². The number of carbonyl (C=O) groups excluding carboxylic acids is 1. The third-order valence-corrected chi connectivity index (χ3v) is 4.64. The summed E-state index contributed by atoms with van der Waals surface area (Å²) >= 11 is 6.06. The third-order valence-electron chi connectivity index (χ3n) is 4.32. The molecular formula is C16H17ClF3N3O2. The number of anilines is 1. The number of hydrogen-bond donors (Lipinski definition) is 1. The minimum atomic E-state index is -4.48. The van der Waals surface area contributed by atoms with Gasteiger partial charge in [0.25, 0.3) is 0 Å². The summed E-state index contributed by atoms with van der Waals surface area (Å²) in [6, 6.07) is 6.24. The monoisotopic (exact) mass is 375 g/mol. The maximum absolute atomic E-state index is 13.1. The highest BCUT2D eigenvalue weighted by atomic mass is 35.5. The summed E-state index contributed by atoms with van der Waals surface area (Å²) in [6.45, 7) is -0.160. The SMILES string of the molecule is COC1(C(F)(F)F)CCN(C(=O)Nc2ccc(CC#N)cc2Cl)CC1. The Morgan fingerprint density at radius 3 is 2.56 bits per heavy atom. The van der Waals surface area contributed by atoms with Crippen molar-refractivity contribution in [2.45, 2.75) is 31.0 Å². The molecule has 1 N–H and O–H groups in total. The number of benzene rings is 1. The van der Waals surface area contributed by atoms with Gasteiger partial charge in [0, 0.05) is 33.0 Å². The first-order chi connectivity index (χ1) is 11.7. The number of halogens is 4. The summed E-state index contributed by atoms with van der Waals surface area (Å²) in [4.78, 5) is 13.6. The minimum absolute atomic E-state index is 0.0800. The lowest BCUT2D eigenvalue weighted by Gasteiger charge is -2.41. The predicted molar refractivity (Wildman–Crippen MR) is 86.4 cm³/mol. The van der Waals surface area contributed by atoms with Crippen molar-refractivity contribution in [1.82, 2.24) is 4.90 Å². The Bertz CT molecular complexity index is 680. The van der Waals surface area contributed by atoms with Crippen LogP contribution in [0.3, 0.4) is 0 Å². The van der Waals surface area contributed by atoms with Gasteiger partial charge in [0.05, 0.1) is 23.2 Å². The van der Waals surface area contributed by atoms with E-state index in [-0.39, 0.29) is 37.4 Å². The Balaban J connectivity index is 2.01. The van der Waals surface area contributed by atoms with E-state index in [2.05, 4.69) is 5.32 Å². The fraction of sp³-hybridized carbons (Fsp3) is 0.500. The Morgan fingerprint density at radius 1 is 1.44 bits per heavy atom. The lowest BCUT2D eigenvalue weighted by atomic mass is 9.90. The Kier molecular flexibility index (Phi) is 5.80. The van der Waals surface area contributed by atoms with Gasteiger partial charge in [-0.1, -0.05) is 17.7 Å². The van der Waals surface area contributed by atoms with Crippen molar-refractivity contribution in [3.8, 4) is 6.07 Å². The highest BCUT2D eigenvalue weighted by molar-refractivity contribution is 6.33. The van der Waals surface area contributed by atoms with Gasteiger partial charge in [-0.2, -0.15) is 18.4 Å². The fourth-order valence-electron chi connectivity index (χ4n) is 2.73. The summed E-state index contributed by atoms with van der Waals surface area (Å²) in [7, 11) is 1.03. The molecule has 0 radical (unpaired) electrons. The molecule has 1 aliphatic heterocycles. The Morgan fingerprint density at radius 2 is 2.08 bits per heavy atom. The van der Waals surface area contributed by atoms with Crippen LogP contribution in [0.15, 0.2) is 18.2 Å². The molecule has 136 valence electrons. The molecule has 1 heterocycles. The molecule has 0 aliphatic carbocycles. The van der Waals surface area contributed by atoms with E-state index in [9.17, 15) is 18.0 Å². The zero-order valence-electron chi connectivity index (χ0n) is 13.5. The van der Waals surface area contributed by atoms with Gasteiger partial charge in [0.1, 0.15) is 0 Å². The van der Waals surface area contributed by atoms with Gasteiger partial charge in [0.15, 0.2) is 5.60 Å². The number of rotatable bonds is 3. The topological polar surface area (TPSA) is 65.4 Å². The second kappa shape index (κ2) is 7.50. The Labute approximate surface area is 148 Å². The lowest BCUT2D eigenvalue weighted by molar-refractivity contribution is -0.280. The molecule has 5 nitrogen and oxygen atoms in total. The average Bonchev–Trinajstić information content (AvgIpc) is 2.56. The van der Waals surface area contributed by atoms with Crippen LogP contribution in [0.4, 0.5) is 23.7 Å². The van der Waals surface area contributed by atoms with Crippen molar-refractivity contribution >= 4 is 23.3 Å². The molecular weight excluding hydrogens is 359 g/mol. The molecule has 0 bridgehead atoms. The Hall–Kier alpha value is -1.98. The number of amides is 2. The summed E-state index contributed by atoms with van der Waals surface area (Å²) < 4.78 is 44.1.